The molecule has 0 aliphatic carbocycles. The van der Waals surface area contributed by atoms with Gasteiger partial charge in [-0.3, -0.25) is 4.79 Å². The van der Waals surface area contributed by atoms with Gasteiger partial charge in [0, 0.05) is 0 Å². The molecule has 3 rings (SSSR count). The van der Waals surface area contributed by atoms with E-state index in [4.69, 9.17) is 21.7 Å². The van der Waals surface area contributed by atoms with E-state index in [-0.39, 0.29) is 5.91 Å². The average molecular weight is 357 g/mol. The van der Waals surface area contributed by atoms with Crippen molar-refractivity contribution in [3.63, 3.8) is 0 Å². The van der Waals surface area contributed by atoms with Crippen molar-refractivity contribution in [3.8, 4) is 11.5 Å². The SMILES string of the molecule is COc1cc(/C=C2/SC(=S)NC2=O)ccc1OCc1ccccc1. The van der Waals surface area contributed by atoms with Crippen LogP contribution in [0.5, 0.6) is 11.5 Å². The van der Waals surface area contributed by atoms with E-state index in [1.165, 1.54) is 11.8 Å². The lowest BCUT2D eigenvalue weighted by Gasteiger charge is -2.11. The molecule has 2 aromatic carbocycles. The van der Waals surface area contributed by atoms with Crippen LogP contribution < -0.4 is 14.8 Å². The van der Waals surface area contributed by atoms with Gasteiger partial charge in [0.05, 0.1) is 12.0 Å². The van der Waals surface area contributed by atoms with Gasteiger partial charge in [0.1, 0.15) is 10.9 Å². The van der Waals surface area contributed by atoms with Crippen molar-refractivity contribution >= 4 is 40.3 Å². The summed E-state index contributed by atoms with van der Waals surface area (Å²) in [4.78, 5) is 12.3. The molecular weight excluding hydrogens is 342 g/mol. The van der Waals surface area contributed by atoms with E-state index < -0.39 is 0 Å². The van der Waals surface area contributed by atoms with Gasteiger partial charge in [0.15, 0.2) is 11.5 Å². The fourth-order valence-corrected chi connectivity index (χ4v) is 3.25. The summed E-state index contributed by atoms with van der Waals surface area (Å²) < 4.78 is 11.7. The third-order valence-electron chi connectivity index (χ3n) is 3.36. The van der Waals surface area contributed by atoms with Crippen molar-refractivity contribution in [1.82, 2.24) is 5.32 Å². The lowest BCUT2D eigenvalue weighted by Crippen LogP contribution is -2.17. The maximum Gasteiger partial charge on any atom is 0.263 e. The number of carbonyl (C=O) groups excluding carboxylic acids is 1. The summed E-state index contributed by atoms with van der Waals surface area (Å²) in [6.07, 6.45) is 1.78. The Bertz CT molecular complexity index is 803. The Labute approximate surface area is 149 Å². The largest absolute Gasteiger partial charge is 0.493 e. The van der Waals surface area contributed by atoms with Crippen LogP contribution in [0.15, 0.2) is 53.4 Å². The maximum atomic E-state index is 11.7. The molecule has 1 aliphatic heterocycles. The Morgan fingerprint density at radius 2 is 1.96 bits per heavy atom. The first-order valence-electron chi connectivity index (χ1n) is 7.25. The fraction of sp³-hybridized carbons (Fsp3) is 0.111. The van der Waals surface area contributed by atoms with Gasteiger partial charge in [0.25, 0.3) is 5.91 Å². The normalized spacial score (nSPS) is 15.5. The van der Waals surface area contributed by atoms with Crippen LogP contribution in [0.2, 0.25) is 0 Å². The van der Waals surface area contributed by atoms with E-state index in [9.17, 15) is 4.79 Å². The topological polar surface area (TPSA) is 47.6 Å². The second-order valence-electron chi connectivity index (χ2n) is 5.04. The predicted molar refractivity (Wildman–Crippen MR) is 100 cm³/mol. The average Bonchev–Trinajstić information content (AvgIpc) is 2.91. The number of ether oxygens (including phenoxy) is 2. The zero-order chi connectivity index (χ0) is 16.9. The minimum Gasteiger partial charge on any atom is -0.493 e. The van der Waals surface area contributed by atoms with Crippen molar-refractivity contribution < 1.29 is 14.3 Å². The monoisotopic (exact) mass is 357 g/mol. The first kappa shape index (κ1) is 16.5. The first-order valence-corrected chi connectivity index (χ1v) is 8.48. The van der Waals surface area contributed by atoms with E-state index in [2.05, 4.69) is 5.32 Å². The summed E-state index contributed by atoms with van der Waals surface area (Å²) in [5.74, 6) is 1.10. The summed E-state index contributed by atoms with van der Waals surface area (Å²) in [7, 11) is 1.59. The molecule has 1 fully saturated rings. The standard InChI is InChI=1S/C18H15NO3S2/c1-21-15-9-13(10-16-17(20)19-18(23)24-16)7-8-14(15)22-11-12-5-3-2-4-6-12/h2-10H,11H2,1H3,(H,19,20,23)/b16-10+. The van der Waals surface area contributed by atoms with Gasteiger partial charge >= 0.3 is 0 Å². The number of carbonyl (C=O) groups is 1. The molecule has 1 aliphatic rings. The number of thiocarbonyl (C=S) groups is 1. The van der Waals surface area contributed by atoms with Crippen LogP contribution in [0.3, 0.4) is 0 Å². The second kappa shape index (κ2) is 7.51. The van der Waals surface area contributed by atoms with E-state index in [1.807, 2.05) is 48.5 Å². The number of hydrogen-bond acceptors (Lipinski definition) is 5. The molecule has 1 N–H and O–H groups in total. The van der Waals surface area contributed by atoms with Crippen LogP contribution in [0.1, 0.15) is 11.1 Å². The van der Waals surface area contributed by atoms with Gasteiger partial charge in [-0.1, -0.05) is 60.4 Å². The number of nitrogens with one attached hydrogen (secondary N) is 1. The summed E-state index contributed by atoms with van der Waals surface area (Å²) in [5, 5.41) is 2.60. The van der Waals surface area contributed by atoms with Crippen molar-refractivity contribution in [3.05, 3.63) is 64.6 Å². The van der Waals surface area contributed by atoms with Crippen molar-refractivity contribution in [2.45, 2.75) is 6.61 Å². The highest BCUT2D eigenvalue weighted by atomic mass is 32.2. The molecule has 1 amide bonds. The van der Waals surface area contributed by atoms with E-state index in [0.29, 0.717) is 27.3 Å². The molecule has 2 aromatic rings. The van der Waals surface area contributed by atoms with Gasteiger partial charge in [-0.05, 0) is 29.3 Å². The molecule has 0 saturated carbocycles. The van der Waals surface area contributed by atoms with Crippen molar-refractivity contribution in [2.24, 2.45) is 0 Å². The molecule has 0 radical (unpaired) electrons. The molecule has 1 saturated heterocycles. The lowest BCUT2D eigenvalue weighted by molar-refractivity contribution is -0.115. The first-order chi connectivity index (χ1) is 11.7. The summed E-state index contributed by atoms with van der Waals surface area (Å²) in [6.45, 7) is 0.462. The smallest absolute Gasteiger partial charge is 0.263 e. The Hall–Kier alpha value is -2.31. The third kappa shape index (κ3) is 3.96. The number of thioether (sulfide) groups is 1. The summed E-state index contributed by atoms with van der Waals surface area (Å²) in [5.41, 5.74) is 1.93. The number of hydrogen-bond donors (Lipinski definition) is 1. The highest BCUT2D eigenvalue weighted by Crippen LogP contribution is 2.32. The van der Waals surface area contributed by atoms with Crippen LogP contribution in [-0.4, -0.2) is 17.3 Å². The zero-order valence-electron chi connectivity index (χ0n) is 12.9. The highest BCUT2D eigenvalue weighted by molar-refractivity contribution is 8.26. The number of amides is 1. The molecule has 4 nitrogen and oxygen atoms in total. The van der Waals surface area contributed by atoms with Gasteiger partial charge < -0.3 is 14.8 Å². The van der Waals surface area contributed by atoms with E-state index >= 15 is 0 Å². The molecule has 1 heterocycles. The predicted octanol–water partition coefficient (Wildman–Crippen LogP) is 3.76. The van der Waals surface area contributed by atoms with Gasteiger partial charge in [0.2, 0.25) is 0 Å². The molecule has 0 unspecified atom stereocenters. The molecule has 0 atom stereocenters. The van der Waals surface area contributed by atoms with Crippen LogP contribution in [0.4, 0.5) is 0 Å². The molecule has 0 bridgehead atoms. The molecule has 0 spiro atoms. The van der Waals surface area contributed by atoms with E-state index in [0.717, 1.165) is 11.1 Å². The van der Waals surface area contributed by atoms with E-state index in [1.54, 1.807) is 13.2 Å². The molecule has 6 heteroatoms. The molecular formula is C18H15NO3S2. The van der Waals surface area contributed by atoms with Crippen LogP contribution >= 0.6 is 24.0 Å². The van der Waals surface area contributed by atoms with Crippen LogP contribution in [-0.2, 0) is 11.4 Å². The summed E-state index contributed by atoms with van der Waals surface area (Å²) >= 11 is 6.24. The number of benzene rings is 2. The third-order valence-corrected chi connectivity index (χ3v) is 4.53. The van der Waals surface area contributed by atoms with Crippen molar-refractivity contribution in [1.29, 1.82) is 0 Å². The Morgan fingerprint density at radius 1 is 1.17 bits per heavy atom. The van der Waals surface area contributed by atoms with Crippen molar-refractivity contribution in [2.75, 3.05) is 7.11 Å². The Balaban J connectivity index is 1.77. The number of rotatable bonds is 5. The minimum absolute atomic E-state index is 0.173. The van der Waals surface area contributed by atoms with Crippen LogP contribution in [0, 0.1) is 0 Å². The molecule has 122 valence electrons. The summed E-state index contributed by atoms with van der Waals surface area (Å²) in [6, 6.07) is 15.5. The van der Waals surface area contributed by atoms with Crippen LogP contribution in [0.25, 0.3) is 6.08 Å². The van der Waals surface area contributed by atoms with Gasteiger partial charge in [-0.15, -0.1) is 0 Å². The highest BCUT2D eigenvalue weighted by Gasteiger charge is 2.22. The lowest BCUT2D eigenvalue weighted by atomic mass is 10.2. The minimum atomic E-state index is -0.173. The van der Waals surface area contributed by atoms with Gasteiger partial charge in [-0.2, -0.15) is 0 Å². The Kier molecular flexibility index (Phi) is 5.17. The number of methoxy groups -OCH3 is 1. The maximum absolute atomic E-state index is 11.7. The fourth-order valence-electron chi connectivity index (χ4n) is 2.20. The van der Waals surface area contributed by atoms with Gasteiger partial charge in [-0.25, -0.2) is 0 Å². The second-order valence-corrected chi connectivity index (χ2v) is 6.76. The zero-order valence-corrected chi connectivity index (χ0v) is 14.6. The quantitative estimate of drug-likeness (QED) is 0.652. The molecule has 0 aromatic heterocycles. The Morgan fingerprint density at radius 3 is 2.62 bits per heavy atom. The molecule has 24 heavy (non-hydrogen) atoms.